The van der Waals surface area contributed by atoms with E-state index in [1.165, 1.54) is 18.0 Å². The third-order valence-electron chi connectivity index (χ3n) is 2.16. The summed E-state index contributed by atoms with van der Waals surface area (Å²) < 4.78 is 5.05. The third kappa shape index (κ3) is 3.95. The Bertz CT molecular complexity index is 308. The van der Waals surface area contributed by atoms with Gasteiger partial charge in [0.2, 0.25) is 0 Å². The van der Waals surface area contributed by atoms with Gasteiger partial charge in [0.1, 0.15) is 6.26 Å². The monoisotopic (exact) mass is 229 g/mol. The fraction of sp³-hybridized carbons (Fsp3) is 0.600. The summed E-state index contributed by atoms with van der Waals surface area (Å²) in [5.74, 6) is 0.0839. The molecule has 0 spiro atoms. The van der Waals surface area contributed by atoms with Crippen LogP contribution in [0.25, 0.3) is 0 Å². The Morgan fingerprint density at radius 2 is 2.40 bits per heavy atom. The minimum Gasteiger partial charge on any atom is -0.481 e. The number of thioether (sulfide) groups is 1. The van der Waals surface area contributed by atoms with Gasteiger partial charge in [-0.15, -0.1) is 0 Å². The SMILES string of the molecule is CC(C)(CCCSc1ncco1)C(=O)O. The first-order valence-electron chi connectivity index (χ1n) is 4.78. The van der Waals surface area contributed by atoms with Gasteiger partial charge in [-0.05, 0) is 26.7 Å². The zero-order valence-corrected chi connectivity index (χ0v) is 9.71. The average molecular weight is 229 g/mol. The van der Waals surface area contributed by atoms with Gasteiger partial charge in [0.15, 0.2) is 0 Å². The van der Waals surface area contributed by atoms with Gasteiger partial charge in [-0.1, -0.05) is 11.8 Å². The van der Waals surface area contributed by atoms with Gasteiger partial charge in [-0.3, -0.25) is 4.79 Å². The van der Waals surface area contributed by atoms with Crippen LogP contribution in [0.15, 0.2) is 22.1 Å². The molecule has 5 heteroatoms. The highest BCUT2D eigenvalue weighted by Gasteiger charge is 2.26. The standard InChI is InChI=1S/C10H15NO3S/c1-10(2,8(12)13)4-3-7-15-9-11-5-6-14-9/h5-6H,3-4,7H2,1-2H3,(H,12,13). The lowest BCUT2D eigenvalue weighted by molar-refractivity contribution is -0.147. The van der Waals surface area contributed by atoms with Crippen molar-refractivity contribution in [1.29, 1.82) is 0 Å². The maximum absolute atomic E-state index is 10.8. The van der Waals surface area contributed by atoms with Crippen molar-refractivity contribution in [3.05, 3.63) is 12.5 Å². The zero-order valence-electron chi connectivity index (χ0n) is 8.90. The molecule has 0 atom stereocenters. The summed E-state index contributed by atoms with van der Waals surface area (Å²) in [7, 11) is 0. The summed E-state index contributed by atoms with van der Waals surface area (Å²) in [6, 6.07) is 0. The van der Waals surface area contributed by atoms with Crippen LogP contribution in [0.3, 0.4) is 0 Å². The molecule has 0 saturated heterocycles. The quantitative estimate of drug-likeness (QED) is 0.600. The van der Waals surface area contributed by atoms with Gasteiger partial charge >= 0.3 is 5.97 Å². The van der Waals surface area contributed by atoms with Crippen LogP contribution in [0.1, 0.15) is 26.7 Å². The third-order valence-corrected chi connectivity index (χ3v) is 3.10. The first-order chi connectivity index (χ1) is 7.02. The molecule has 4 nitrogen and oxygen atoms in total. The smallest absolute Gasteiger partial charge is 0.309 e. The van der Waals surface area contributed by atoms with E-state index in [2.05, 4.69) is 4.98 Å². The molecule has 0 aliphatic carbocycles. The van der Waals surface area contributed by atoms with E-state index in [4.69, 9.17) is 9.52 Å². The Labute approximate surface area is 93.1 Å². The highest BCUT2D eigenvalue weighted by Crippen LogP contribution is 2.25. The van der Waals surface area contributed by atoms with Gasteiger partial charge in [-0.25, -0.2) is 4.98 Å². The van der Waals surface area contributed by atoms with Crippen LogP contribution in [0.4, 0.5) is 0 Å². The predicted molar refractivity (Wildman–Crippen MR) is 57.9 cm³/mol. The van der Waals surface area contributed by atoms with Crippen LogP contribution in [0.2, 0.25) is 0 Å². The number of carbonyl (C=O) groups is 1. The molecular formula is C10H15NO3S. The molecule has 1 rings (SSSR count). The van der Waals surface area contributed by atoms with Crippen LogP contribution in [0, 0.1) is 5.41 Å². The van der Waals surface area contributed by atoms with E-state index in [1.54, 1.807) is 20.0 Å². The molecule has 1 heterocycles. The van der Waals surface area contributed by atoms with Gasteiger partial charge in [-0.2, -0.15) is 0 Å². The number of carboxylic acid groups (broad SMARTS) is 1. The molecule has 0 unspecified atom stereocenters. The Morgan fingerprint density at radius 3 is 2.93 bits per heavy atom. The van der Waals surface area contributed by atoms with Crippen molar-refractivity contribution in [2.75, 3.05) is 5.75 Å². The second kappa shape index (κ2) is 5.21. The second-order valence-electron chi connectivity index (χ2n) is 3.94. The van der Waals surface area contributed by atoms with E-state index in [1.807, 2.05) is 0 Å². The average Bonchev–Trinajstić information content (AvgIpc) is 2.64. The van der Waals surface area contributed by atoms with E-state index in [-0.39, 0.29) is 0 Å². The number of aliphatic carboxylic acids is 1. The topological polar surface area (TPSA) is 63.3 Å². The molecule has 1 aromatic rings. The normalized spacial score (nSPS) is 11.6. The van der Waals surface area contributed by atoms with Gasteiger partial charge in [0.25, 0.3) is 5.22 Å². The van der Waals surface area contributed by atoms with Crippen molar-refractivity contribution in [3.8, 4) is 0 Å². The molecule has 0 radical (unpaired) electrons. The van der Waals surface area contributed by atoms with Crippen LogP contribution >= 0.6 is 11.8 Å². The number of hydrogen-bond donors (Lipinski definition) is 1. The molecule has 1 N–H and O–H groups in total. The molecule has 0 saturated carbocycles. The molecule has 0 fully saturated rings. The summed E-state index contributed by atoms with van der Waals surface area (Å²) in [4.78, 5) is 14.8. The summed E-state index contributed by atoms with van der Waals surface area (Å²) >= 11 is 1.51. The van der Waals surface area contributed by atoms with E-state index in [0.717, 1.165) is 12.2 Å². The minimum atomic E-state index is -0.747. The van der Waals surface area contributed by atoms with E-state index in [9.17, 15) is 4.79 Å². The molecule has 0 aliphatic heterocycles. The molecule has 84 valence electrons. The van der Waals surface area contributed by atoms with Gasteiger partial charge < -0.3 is 9.52 Å². The molecule has 1 aromatic heterocycles. The van der Waals surface area contributed by atoms with E-state index in [0.29, 0.717) is 11.6 Å². The van der Waals surface area contributed by atoms with Crippen LogP contribution in [0.5, 0.6) is 0 Å². The van der Waals surface area contributed by atoms with Crippen molar-refractivity contribution >= 4 is 17.7 Å². The minimum absolute atomic E-state index is 0.642. The Kier molecular flexibility index (Phi) is 4.20. The first kappa shape index (κ1) is 12.1. The molecule has 0 aliphatic rings. The highest BCUT2D eigenvalue weighted by molar-refractivity contribution is 7.99. The maximum Gasteiger partial charge on any atom is 0.309 e. The van der Waals surface area contributed by atoms with Crippen molar-refractivity contribution in [2.45, 2.75) is 31.9 Å². The van der Waals surface area contributed by atoms with Crippen molar-refractivity contribution in [1.82, 2.24) is 4.98 Å². The number of rotatable bonds is 6. The molecule has 0 amide bonds. The number of hydrogen-bond acceptors (Lipinski definition) is 4. The molecule has 0 aromatic carbocycles. The number of carboxylic acids is 1. The van der Waals surface area contributed by atoms with E-state index < -0.39 is 11.4 Å². The number of aromatic nitrogens is 1. The fourth-order valence-corrected chi connectivity index (χ4v) is 1.78. The zero-order chi connectivity index (χ0) is 11.3. The molecular weight excluding hydrogens is 214 g/mol. The summed E-state index contributed by atoms with van der Waals surface area (Å²) in [6.07, 6.45) is 4.63. The highest BCUT2D eigenvalue weighted by atomic mass is 32.2. The van der Waals surface area contributed by atoms with Gasteiger partial charge in [0, 0.05) is 5.75 Å². The lowest BCUT2D eigenvalue weighted by Gasteiger charge is -2.17. The molecule has 15 heavy (non-hydrogen) atoms. The van der Waals surface area contributed by atoms with Gasteiger partial charge in [0.05, 0.1) is 11.6 Å². The summed E-state index contributed by atoms with van der Waals surface area (Å²) in [6.45, 7) is 3.48. The van der Waals surface area contributed by atoms with Crippen LogP contribution in [-0.4, -0.2) is 21.8 Å². The number of nitrogens with zero attached hydrogens (tertiary/aromatic N) is 1. The van der Waals surface area contributed by atoms with Crippen LogP contribution < -0.4 is 0 Å². The number of oxazole rings is 1. The van der Waals surface area contributed by atoms with E-state index >= 15 is 0 Å². The largest absolute Gasteiger partial charge is 0.481 e. The lowest BCUT2D eigenvalue weighted by Crippen LogP contribution is -2.23. The molecule has 0 bridgehead atoms. The second-order valence-corrected chi connectivity index (χ2v) is 4.99. The van der Waals surface area contributed by atoms with Crippen molar-refractivity contribution in [3.63, 3.8) is 0 Å². The summed E-state index contributed by atoms with van der Waals surface area (Å²) in [5.41, 5.74) is -0.642. The fourth-order valence-electron chi connectivity index (χ4n) is 1.06. The lowest BCUT2D eigenvalue weighted by atomic mass is 9.88. The predicted octanol–water partition coefficient (Wildman–Crippen LogP) is 2.66. The first-order valence-corrected chi connectivity index (χ1v) is 5.76. The Morgan fingerprint density at radius 1 is 1.67 bits per heavy atom. The van der Waals surface area contributed by atoms with Crippen molar-refractivity contribution in [2.24, 2.45) is 5.41 Å². The Hall–Kier alpha value is -0.970. The summed E-state index contributed by atoms with van der Waals surface area (Å²) in [5, 5.41) is 9.53. The maximum atomic E-state index is 10.8. The van der Waals surface area contributed by atoms with Crippen molar-refractivity contribution < 1.29 is 14.3 Å². The van der Waals surface area contributed by atoms with Crippen LogP contribution in [-0.2, 0) is 4.79 Å². The Balaban J connectivity index is 2.19.